The van der Waals surface area contributed by atoms with Crippen LogP contribution in [0.3, 0.4) is 0 Å². The van der Waals surface area contributed by atoms with Gasteiger partial charge in [0.25, 0.3) is 0 Å². The number of aliphatic hydroxyl groups excluding tert-OH is 1. The summed E-state index contributed by atoms with van der Waals surface area (Å²) in [6, 6.07) is 14.7. The van der Waals surface area contributed by atoms with Crippen LogP contribution >= 0.6 is 0 Å². The van der Waals surface area contributed by atoms with Crippen molar-refractivity contribution in [3.8, 4) is 5.75 Å². The van der Waals surface area contributed by atoms with Gasteiger partial charge in [0.1, 0.15) is 5.75 Å². The average Bonchev–Trinajstić information content (AvgIpc) is 3.17. The van der Waals surface area contributed by atoms with Crippen molar-refractivity contribution in [3.63, 3.8) is 0 Å². The Morgan fingerprint density at radius 2 is 2.12 bits per heavy atom. The molecule has 1 aliphatic heterocycles. The summed E-state index contributed by atoms with van der Waals surface area (Å²) in [6.45, 7) is 1.48. The molecule has 0 aliphatic carbocycles. The first-order valence-electron chi connectivity index (χ1n) is 8.60. The Balaban J connectivity index is 1.60. The van der Waals surface area contributed by atoms with Gasteiger partial charge in [0, 0.05) is 26.2 Å². The Hall–Kier alpha value is -2.37. The van der Waals surface area contributed by atoms with Gasteiger partial charge in [-0.25, -0.2) is 4.98 Å². The first-order chi connectivity index (χ1) is 12.1. The van der Waals surface area contributed by atoms with Crippen molar-refractivity contribution < 1.29 is 9.84 Å². The highest BCUT2D eigenvalue weighted by Gasteiger charge is 2.32. The number of imidazole rings is 1. The van der Waals surface area contributed by atoms with E-state index in [1.165, 1.54) is 11.1 Å². The maximum absolute atomic E-state index is 10.2. The van der Waals surface area contributed by atoms with Crippen LogP contribution in [0.25, 0.3) is 11.0 Å². The van der Waals surface area contributed by atoms with Crippen molar-refractivity contribution in [2.75, 3.05) is 13.7 Å². The van der Waals surface area contributed by atoms with Crippen LogP contribution in [-0.4, -0.2) is 39.3 Å². The predicted octanol–water partition coefficient (Wildman–Crippen LogP) is 2.89. The molecule has 0 spiro atoms. The van der Waals surface area contributed by atoms with Gasteiger partial charge in [0.2, 0.25) is 0 Å². The topological polar surface area (TPSA) is 50.5 Å². The van der Waals surface area contributed by atoms with Crippen LogP contribution in [0.2, 0.25) is 0 Å². The number of aliphatic hydroxyl groups is 1. The molecule has 2 atom stereocenters. The van der Waals surface area contributed by atoms with Gasteiger partial charge in [0.15, 0.2) is 0 Å². The van der Waals surface area contributed by atoms with Crippen LogP contribution in [0.4, 0.5) is 0 Å². The fourth-order valence-corrected chi connectivity index (χ4v) is 3.76. The SMILES string of the molecule is COc1cccc(C2CC(O)CN2Cc2ccc3c(c2)ncn3C)c1. The van der Waals surface area contributed by atoms with Crippen LogP contribution in [0.15, 0.2) is 48.8 Å². The average molecular weight is 337 g/mol. The van der Waals surface area contributed by atoms with Gasteiger partial charge in [-0.3, -0.25) is 4.90 Å². The van der Waals surface area contributed by atoms with Crippen LogP contribution in [0.5, 0.6) is 5.75 Å². The molecule has 1 aromatic heterocycles. The third-order valence-corrected chi connectivity index (χ3v) is 5.04. The number of β-amino-alcohol motifs (C(OH)–C–C–N with tert-alkyl or cyclic N) is 1. The molecule has 25 heavy (non-hydrogen) atoms. The molecule has 0 bridgehead atoms. The van der Waals surface area contributed by atoms with E-state index in [0.717, 1.165) is 29.7 Å². The third-order valence-electron chi connectivity index (χ3n) is 5.04. The molecule has 2 unspecified atom stereocenters. The lowest BCUT2D eigenvalue weighted by molar-refractivity contribution is 0.172. The van der Waals surface area contributed by atoms with E-state index in [4.69, 9.17) is 4.74 Å². The largest absolute Gasteiger partial charge is 0.497 e. The number of methoxy groups -OCH3 is 1. The molecule has 0 amide bonds. The van der Waals surface area contributed by atoms with E-state index in [-0.39, 0.29) is 12.1 Å². The number of ether oxygens (including phenoxy) is 1. The Labute approximate surface area is 147 Å². The van der Waals surface area contributed by atoms with Crippen LogP contribution < -0.4 is 4.74 Å². The van der Waals surface area contributed by atoms with Gasteiger partial charge in [-0.15, -0.1) is 0 Å². The number of aromatic nitrogens is 2. The minimum Gasteiger partial charge on any atom is -0.497 e. The van der Waals surface area contributed by atoms with Gasteiger partial charge in [-0.1, -0.05) is 18.2 Å². The van der Waals surface area contributed by atoms with Gasteiger partial charge >= 0.3 is 0 Å². The highest BCUT2D eigenvalue weighted by Crippen LogP contribution is 2.35. The van der Waals surface area contributed by atoms with Crippen molar-refractivity contribution in [2.45, 2.75) is 25.1 Å². The number of nitrogens with zero attached hydrogens (tertiary/aromatic N) is 3. The quantitative estimate of drug-likeness (QED) is 0.795. The Morgan fingerprint density at radius 3 is 2.96 bits per heavy atom. The number of aryl methyl sites for hydroxylation is 1. The van der Waals surface area contributed by atoms with E-state index in [1.807, 2.05) is 30.1 Å². The molecular formula is C20H23N3O2. The summed E-state index contributed by atoms with van der Waals surface area (Å²) in [5.74, 6) is 0.855. The van der Waals surface area contributed by atoms with E-state index < -0.39 is 0 Å². The van der Waals surface area contributed by atoms with Crippen molar-refractivity contribution in [1.82, 2.24) is 14.5 Å². The standard InChI is InChI=1S/C20H23N3O2/c1-22-13-21-18-8-14(6-7-19(18)22)11-23-12-16(24)10-20(23)15-4-3-5-17(9-15)25-2/h3-9,13,16,20,24H,10-12H2,1-2H3. The van der Waals surface area contributed by atoms with Crippen molar-refractivity contribution >= 4 is 11.0 Å². The van der Waals surface area contributed by atoms with Crippen molar-refractivity contribution in [1.29, 1.82) is 0 Å². The molecule has 0 radical (unpaired) electrons. The lowest BCUT2D eigenvalue weighted by Crippen LogP contribution is -2.24. The van der Waals surface area contributed by atoms with Crippen LogP contribution in [0, 0.1) is 0 Å². The number of rotatable bonds is 4. The van der Waals surface area contributed by atoms with E-state index in [1.54, 1.807) is 7.11 Å². The smallest absolute Gasteiger partial charge is 0.119 e. The van der Waals surface area contributed by atoms with Gasteiger partial charge in [0.05, 0.1) is 30.6 Å². The van der Waals surface area contributed by atoms with E-state index in [0.29, 0.717) is 6.54 Å². The maximum atomic E-state index is 10.2. The molecule has 1 saturated heterocycles. The maximum Gasteiger partial charge on any atom is 0.119 e. The third kappa shape index (κ3) is 3.13. The van der Waals surface area contributed by atoms with E-state index >= 15 is 0 Å². The molecule has 5 nitrogen and oxygen atoms in total. The molecule has 4 rings (SSSR count). The first kappa shape index (κ1) is 16.1. The minimum absolute atomic E-state index is 0.199. The molecule has 5 heteroatoms. The normalized spacial score (nSPS) is 21.1. The molecule has 3 aromatic rings. The second kappa shape index (κ2) is 6.50. The monoisotopic (exact) mass is 337 g/mol. The molecule has 1 aliphatic rings. The zero-order chi connectivity index (χ0) is 17.4. The Bertz CT molecular complexity index is 890. The van der Waals surface area contributed by atoms with Crippen LogP contribution in [0.1, 0.15) is 23.6 Å². The number of fused-ring (bicyclic) bond motifs is 1. The summed E-state index contributed by atoms with van der Waals surface area (Å²) < 4.78 is 7.38. The second-order valence-electron chi connectivity index (χ2n) is 6.79. The molecular weight excluding hydrogens is 314 g/mol. The van der Waals surface area contributed by atoms with E-state index in [9.17, 15) is 5.11 Å². The zero-order valence-corrected chi connectivity index (χ0v) is 14.6. The first-order valence-corrected chi connectivity index (χ1v) is 8.60. The molecule has 1 N–H and O–H groups in total. The summed E-state index contributed by atoms with van der Waals surface area (Å²) in [6.07, 6.45) is 2.29. The highest BCUT2D eigenvalue weighted by atomic mass is 16.5. The fraction of sp³-hybridized carbons (Fsp3) is 0.350. The molecule has 1 fully saturated rings. The summed E-state index contributed by atoms with van der Waals surface area (Å²) in [5.41, 5.74) is 4.55. The predicted molar refractivity (Wildman–Crippen MR) is 97.5 cm³/mol. The fourth-order valence-electron chi connectivity index (χ4n) is 3.76. The second-order valence-corrected chi connectivity index (χ2v) is 6.79. The minimum atomic E-state index is -0.296. The number of hydrogen-bond donors (Lipinski definition) is 1. The van der Waals surface area contributed by atoms with Gasteiger partial charge in [-0.2, -0.15) is 0 Å². The summed E-state index contributed by atoms with van der Waals surface area (Å²) in [5, 5.41) is 10.2. The highest BCUT2D eigenvalue weighted by molar-refractivity contribution is 5.75. The van der Waals surface area contributed by atoms with Gasteiger partial charge in [-0.05, 0) is 41.8 Å². The molecule has 2 aromatic carbocycles. The molecule has 0 saturated carbocycles. The summed E-state index contributed by atoms with van der Waals surface area (Å²) in [4.78, 5) is 6.78. The van der Waals surface area contributed by atoms with Gasteiger partial charge < -0.3 is 14.4 Å². The Morgan fingerprint density at radius 1 is 1.24 bits per heavy atom. The number of hydrogen-bond acceptors (Lipinski definition) is 4. The zero-order valence-electron chi connectivity index (χ0n) is 14.6. The number of benzene rings is 2. The molecule has 2 heterocycles. The lowest BCUT2D eigenvalue weighted by atomic mass is 10.0. The van der Waals surface area contributed by atoms with Crippen molar-refractivity contribution in [2.24, 2.45) is 7.05 Å². The summed E-state index contributed by atoms with van der Waals surface area (Å²) in [7, 11) is 3.69. The lowest BCUT2D eigenvalue weighted by Gasteiger charge is -2.25. The number of likely N-dealkylation sites (tertiary alicyclic amines) is 1. The van der Waals surface area contributed by atoms with Crippen molar-refractivity contribution in [3.05, 3.63) is 59.9 Å². The Kier molecular flexibility index (Phi) is 4.19. The van der Waals surface area contributed by atoms with Crippen LogP contribution in [-0.2, 0) is 13.6 Å². The summed E-state index contributed by atoms with van der Waals surface area (Å²) >= 11 is 0. The molecule has 130 valence electrons. The van der Waals surface area contributed by atoms with E-state index in [2.05, 4.69) is 40.2 Å².